The van der Waals surface area contributed by atoms with Gasteiger partial charge < -0.3 is 35.0 Å². The summed E-state index contributed by atoms with van der Waals surface area (Å²) in [7, 11) is 0. The van der Waals surface area contributed by atoms with Crippen LogP contribution >= 0.6 is 0 Å². The third kappa shape index (κ3) is 11.8. The van der Waals surface area contributed by atoms with E-state index in [1.54, 1.807) is 61.5 Å². The molecule has 4 rings (SSSR count). The van der Waals surface area contributed by atoms with Crippen molar-refractivity contribution in [3.05, 3.63) is 23.8 Å². The smallest absolute Gasteiger partial charge is 0.306 e. The number of allylic oxidation sites excluding steroid dienone is 4. The van der Waals surface area contributed by atoms with Crippen LogP contribution in [0.2, 0.25) is 0 Å². The van der Waals surface area contributed by atoms with Gasteiger partial charge in [0.2, 0.25) is 5.78 Å². The molecule has 0 radical (unpaired) electrons. The van der Waals surface area contributed by atoms with E-state index in [1.165, 1.54) is 12.2 Å². The highest BCUT2D eigenvalue weighted by molar-refractivity contribution is 6.01. The van der Waals surface area contributed by atoms with Crippen LogP contribution in [0.25, 0.3) is 0 Å². The van der Waals surface area contributed by atoms with E-state index >= 15 is 4.39 Å². The fraction of sp³-hybridized carbons (Fsp3) is 0.700. The normalized spacial score (nSPS) is 30.3. The van der Waals surface area contributed by atoms with E-state index in [-0.39, 0.29) is 56.6 Å². The van der Waals surface area contributed by atoms with Gasteiger partial charge >= 0.3 is 35.8 Å². The molecule has 8 atom stereocenters. The van der Waals surface area contributed by atoms with E-state index in [9.17, 15) is 43.5 Å². The number of aliphatic hydroxyl groups excluding tert-OH is 1. The summed E-state index contributed by atoms with van der Waals surface area (Å²) in [5.74, 6) is -6.29. The number of carbonyl (C=O) groups excluding carboxylic acids is 4. The lowest BCUT2D eigenvalue weighted by molar-refractivity contribution is -0.228. The van der Waals surface area contributed by atoms with Crippen LogP contribution < -0.4 is 0 Å². The summed E-state index contributed by atoms with van der Waals surface area (Å²) in [5.41, 5.74) is -5.26. The number of hydrogen-bond donors (Lipinski definition) is 5. The Balaban J connectivity index is 0.00000125. The number of halogens is 1. The number of aliphatic hydroxyl groups is 1. The lowest BCUT2D eigenvalue weighted by atomic mass is 9.44. The molecule has 0 saturated heterocycles. The second-order valence-electron chi connectivity index (χ2n) is 14.4. The Bertz CT molecular complexity index is 1450. The fourth-order valence-electron chi connectivity index (χ4n) is 8.01. The zero-order valence-corrected chi connectivity index (χ0v) is 34.0. The summed E-state index contributed by atoms with van der Waals surface area (Å²) in [6, 6.07) is 0. The molecule has 1 unspecified atom stereocenters. The Hall–Kier alpha value is -4.47. The molecule has 3 fully saturated rings. The molecule has 0 spiro atoms. The van der Waals surface area contributed by atoms with Gasteiger partial charge in [-0.25, -0.2) is 4.39 Å². The van der Waals surface area contributed by atoms with E-state index < -0.39 is 88.2 Å². The van der Waals surface area contributed by atoms with E-state index in [0.717, 1.165) is 0 Å². The molecule has 0 aromatic rings. The maximum absolute atomic E-state index is 17.4. The molecule has 0 heterocycles. The molecule has 0 amide bonds. The fourth-order valence-corrected chi connectivity index (χ4v) is 8.01. The Kier molecular flexibility index (Phi) is 20.5. The SMILES string of the molecule is CCC(=O)O.CCC(=O)O.CCC(=O)O.CCC(=O)O.CCC(=O)OCC(=O)[C@@]1(OC(=O)CC)[C@@H](C)C[C@H]2[C@@H]3CCC4=CC(=O)C=C[C@]4(C)C3(F)[C@@H](O)C[C@@]21C. The molecule has 4 aliphatic carbocycles. The van der Waals surface area contributed by atoms with E-state index in [2.05, 4.69) is 0 Å². The van der Waals surface area contributed by atoms with Gasteiger partial charge in [-0.2, -0.15) is 0 Å². The van der Waals surface area contributed by atoms with Gasteiger partial charge in [-0.3, -0.25) is 38.4 Å². The van der Waals surface area contributed by atoms with Gasteiger partial charge in [0.1, 0.15) is 0 Å². The van der Waals surface area contributed by atoms with Crippen LogP contribution in [0.5, 0.6) is 0 Å². The van der Waals surface area contributed by atoms with E-state index in [1.807, 2.05) is 6.92 Å². The zero-order valence-electron chi connectivity index (χ0n) is 34.0. The standard InChI is InChI=1S/C28H37FO7.4C3H6O2/c1-6-23(33)35-15-22(32)28(36-24(34)7-2)16(3)12-20-19-9-8-17-13-18(30)10-11-25(17,4)27(19,29)21(31)14-26(20,28)5;4*1-2-3(4)5/h10-11,13,16,19-21,31H,6-9,12,14-15H2,1-5H3;4*2H2,1H3,(H,4,5)/t16-,19-,20-,21-,25-,26-,27?,28-;;;;/m0..../s1. The minimum atomic E-state index is -2.05. The maximum Gasteiger partial charge on any atom is 0.306 e. The minimum absolute atomic E-state index is 0.0430. The first-order valence-corrected chi connectivity index (χ1v) is 19.0. The molecule has 0 aliphatic heterocycles. The number of fused-ring (bicyclic) bond motifs is 5. The number of ether oxygens (including phenoxy) is 2. The number of carboxylic acid groups (broad SMARTS) is 4. The number of Topliss-reactive ketones (excluding diaryl/α,β-unsaturated/α-hetero) is 1. The molecule has 318 valence electrons. The molecular formula is C40H61FO15. The number of carboxylic acids is 4. The number of alkyl halides is 1. The van der Waals surface area contributed by atoms with Crippen molar-refractivity contribution in [1.82, 2.24) is 0 Å². The quantitative estimate of drug-likeness (QED) is 0.165. The Morgan fingerprint density at radius 1 is 0.768 bits per heavy atom. The third-order valence-electron chi connectivity index (χ3n) is 11.0. The number of hydrogen-bond acceptors (Lipinski definition) is 11. The predicted molar refractivity (Wildman–Crippen MR) is 200 cm³/mol. The predicted octanol–water partition coefficient (Wildman–Crippen LogP) is 5.74. The Morgan fingerprint density at radius 3 is 1.62 bits per heavy atom. The second-order valence-corrected chi connectivity index (χ2v) is 14.4. The summed E-state index contributed by atoms with van der Waals surface area (Å²) in [4.78, 5) is 87.8. The van der Waals surface area contributed by atoms with Crippen molar-refractivity contribution in [1.29, 1.82) is 0 Å². The van der Waals surface area contributed by atoms with Crippen molar-refractivity contribution < 1.29 is 77.8 Å². The van der Waals surface area contributed by atoms with Crippen molar-refractivity contribution in [2.75, 3.05) is 6.61 Å². The molecule has 0 aromatic heterocycles. The lowest BCUT2D eigenvalue weighted by Gasteiger charge is -2.62. The summed E-state index contributed by atoms with van der Waals surface area (Å²) >= 11 is 0. The van der Waals surface area contributed by atoms with Crippen molar-refractivity contribution in [2.45, 2.75) is 144 Å². The molecule has 16 heteroatoms. The van der Waals surface area contributed by atoms with Gasteiger partial charge in [-0.15, -0.1) is 0 Å². The Morgan fingerprint density at radius 2 is 1.21 bits per heavy atom. The van der Waals surface area contributed by atoms with Crippen LogP contribution in [-0.4, -0.2) is 96.9 Å². The average Bonchev–Trinajstić information content (AvgIpc) is 3.37. The highest BCUT2D eigenvalue weighted by Crippen LogP contribution is 2.71. The number of carbonyl (C=O) groups is 8. The molecule has 3 saturated carbocycles. The third-order valence-corrected chi connectivity index (χ3v) is 11.0. The van der Waals surface area contributed by atoms with Crippen molar-refractivity contribution in [2.24, 2.45) is 28.6 Å². The van der Waals surface area contributed by atoms with Crippen LogP contribution in [0, 0.1) is 28.6 Å². The molecule has 56 heavy (non-hydrogen) atoms. The van der Waals surface area contributed by atoms with Crippen LogP contribution in [0.3, 0.4) is 0 Å². The first-order valence-electron chi connectivity index (χ1n) is 19.0. The van der Waals surface area contributed by atoms with Crippen molar-refractivity contribution >= 4 is 47.4 Å². The van der Waals surface area contributed by atoms with Crippen LogP contribution in [0.1, 0.15) is 127 Å². The van der Waals surface area contributed by atoms with Gasteiger partial charge in [0.05, 0.1) is 6.10 Å². The van der Waals surface area contributed by atoms with Gasteiger partial charge in [-0.1, -0.05) is 67.0 Å². The number of esters is 2. The molecule has 15 nitrogen and oxygen atoms in total. The van der Waals surface area contributed by atoms with E-state index in [4.69, 9.17) is 29.9 Å². The van der Waals surface area contributed by atoms with E-state index in [0.29, 0.717) is 24.8 Å². The highest BCUT2D eigenvalue weighted by atomic mass is 19.1. The number of aliphatic carboxylic acids is 4. The minimum Gasteiger partial charge on any atom is -0.481 e. The second kappa shape index (κ2) is 22.3. The Labute approximate surface area is 327 Å². The number of ketones is 2. The van der Waals surface area contributed by atoms with Gasteiger partial charge in [-0.05, 0) is 50.7 Å². The highest BCUT2D eigenvalue weighted by Gasteiger charge is 2.77. The largest absolute Gasteiger partial charge is 0.481 e. The number of rotatable bonds is 10. The molecule has 5 N–H and O–H groups in total. The van der Waals surface area contributed by atoms with Gasteiger partial charge in [0, 0.05) is 61.2 Å². The molecule has 4 aliphatic rings. The first kappa shape index (κ1) is 51.5. The average molecular weight is 801 g/mol. The zero-order chi connectivity index (χ0) is 43.8. The van der Waals surface area contributed by atoms with Crippen LogP contribution in [0.15, 0.2) is 23.8 Å². The summed E-state index contributed by atoms with van der Waals surface area (Å²) < 4.78 is 28.5. The first-order chi connectivity index (χ1) is 25.9. The maximum atomic E-state index is 17.4. The molecule has 0 bridgehead atoms. The molecular weight excluding hydrogens is 739 g/mol. The topological polar surface area (TPSA) is 256 Å². The summed E-state index contributed by atoms with van der Waals surface area (Å²) in [6.07, 6.45) is 5.21. The monoisotopic (exact) mass is 800 g/mol. The van der Waals surface area contributed by atoms with Crippen molar-refractivity contribution in [3.63, 3.8) is 0 Å². The van der Waals surface area contributed by atoms with Gasteiger partial charge in [0.15, 0.2) is 23.7 Å². The van der Waals surface area contributed by atoms with Crippen molar-refractivity contribution in [3.8, 4) is 0 Å². The van der Waals surface area contributed by atoms with Crippen LogP contribution in [0.4, 0.5) is 4.39 Å². The summed E-state index contributed by atoms with van der Waals surface area (Å²) in [5, 5.41) is 42.4. The lowest BCUT2D eigenvalue weighted by Crippen LogP contribution is -2.70. The molecule has 0 aromatic carbocycles. The summed E-state index contributed by atoms with van der Waals surface area (Å²) in [6.45, 7) is 14.5. The van der Waals surface area contributed by atoms with Gasteiger partial charge in [0.25, 0.3) is 0 Å². The van der Waals surface area contributed by atoms with Crippen LogP contribution in [-0.2, 0) is 47.8 Å².